The number of amides is 1. The van der Waals surface area contributed by atoms with Crippen LogP contribution in [0.5, 0.6) is 0 Å². The van der Waals surface area contributed by atoms with E-state index >= 15 is 0 Å². The third kappa shape index (κ3) is 2.70. The summed E-state index contributed by atoms with van der Waals surface area (Å²) in [6, 6.07) is 6.13. The van der Waals surface area contributed by atoms with Gasteiger partial charge in [-0.2, -0.15) is 0 Å². The van der Waals surface area contributed by atoms with E-state index in [2.05, 4.69) is 6.92 Å². The van der Waals surface area contributed by atoms with Gasteiger partial charge in [0.25, 0.3) is 5.91 Å². The van der Waals surface area contributed by atoms with Gasteiger partial charge >= 0.3 is 5.97 Å². The Morgan fingerprint density at radius 3 is 2.39 bits per heavy atom. The summed E-state index contributed by atoms with van der Waals surface area (Å²) in [4.78, 5) is 24.8. The molecule has 96 valence electrons. The molecule has 1 aromatic carbocycles. The van der Waals surface area contributed by atoms with Gasteiger partial charge in [-0.25, -0.2) is 4.79 Å². The number of benzene rings is 1. The second kappa shape index (κ2) is 5.21. The van der Waals surface area contributed by atoms with Crippen LogP contribution >= 0.6 is 0 Å². The van der Waals surface area contributed by atoms with Crippen molar-refractivity contribution in [2.24, 2.45) is 5.92 Å². The summed E-state index contributed by atoms with van der Waals surface area (Å²) in [7, 11) is 0. The van der Waals surface area contributed by atoms with Crippen LogP contribution in [0.15, 0.2) is 24.3 Å². The lowest BCUT2D eigenvalue weighted by Gasteiger charge is -2.31. The van der Waals surface area contributed by atoms with Crippen LogP contribution in [0, 0.1) is 5.92 Å². The topological polar surface area (TPSA) is 57.6 Å². The average molecular weight is 247 g/mol. The average Bonchev–Trinajstić information content (AvgIpc) is 2.38. The molecular formula is C14H17NO3. The highest BCUT2D eigenvalue weighted by atomic mass is 16.4. The molecule has 1 heterocycles. The Morgan fingerprint density at radius 2 is 1.83 bits per heavy atom. The second-order valence-electron chi connectivity index (χ2n) is 4.88. The fraction of sp³-hybridized carbons (Fsp3) is 0.429. The quantitative estimate of drug-likeness (QED) is 0.872. The van der Waals surface area contributed by atoms with Crippen molar-refractivity contribution >= 4 is 11.9 Å². The largest absolute Gasteiger partial charge is 0.478 e. The van der Waals surface area contributed by atoms with Gasteiger partial charge in [0.05, 0.1) is 5.56 Å². The summed E-state index contributed by atoms with van der Waals surface area (Å²) in [5, 5.41) is 8.80. The number of carboxylic acid groups (broad SMARTS) is 1. The highest BCUT2D eigenvalue weighted by Gasteiger charge is 2.21. The van der Waals surface area contributed by atoms with Crippen LogP contribution in [0.3, 0.4) is 0 Å². The molecule has 1 aromatic rings. The van der Waals surface area contributed by atoms with Gasteiger partial charge in [0.2, 0.25) is 0 Å². The maximum Gasteiger partial charge on any atom is 0.335 e. The summed E-state index contributed by atoms with van der Waals surface area (Å²) < 4.78 is 0. The van der Waals surface area contributed by atoms with Crippen LogP contribution in [0.25, 0.3) is 0 Å². The van der Waals surface area contributed by atoms with E-state index in [-0.39, 0.29) is 11.5 Å². The van der Waals surface area contributed by atoms with Crippen molar-refractivity contribution in [3.8, 4) is 0 Å². The van der Waals surface area contributed by atoms with Crippen molar-refractivity contribution in [2.75, 3.05) is 13.1 Å². The van der Waals surface area contributed by atoms with E-state index in [1.807, 2.05) is 4.90 Å². The number of hydrogen-bond donors (Lipinski definition) is 1. The molecule has 1 N–H and O–H groups in total. The highest BCUT2D eigenvalue weighted by Crippen LogP contribution is 2.18. The molecule has 1 saturated heterocycles. The van der Waals surface area contributed by atoms with E-state index in [0.29, 0.717) is 11.5 Å². The normalized spacial score (nSPS) is 19.6. The molecule has 4 heteroatoms. The molecule has 1 amide bonds. The monoisotopic (exact) mass is 247 g/mol. The van der Waals surface area contributed by atoms with Crippen LogP contribution in [-0.2, 0) is 0 Å². The zero-order chi connectivity index (χ0) is 13.1. The Balaban J connectivity index is 2.10. The number of piperidine rings is 1. The highest BCUT2D eigenvalue weighted by molar-refractivity contribution is 5.95. The Labute approximate surface area is 106 Å². The van der Waals surface area contributed by atoms with E-state index in [0.717, 1.165) is 19.5 Å². The number of nitrogens with zero attached hydrogens (tertiary/aromatic N) is 1. The summed E-state index contributed by atoms with van der Waals surface area (Å²) in [6.45, 7) is 3.73. The Hall–Kier alpha value is -1.84. The van der Waals surface area contributed by atoms with E-state index < -0.39 is 5.97 Å². The van der Waals surface area contributed by atoms with Crippen molar-refractivity contribution in [3.63, 3.8) is 0 Å². The van der Waals surface area contributed by atoms with E-state index in [1.165, 1.54) is 18.6 Å². The minimum absolute atomic E-state index is 0.00140. The number of rotatable bonds is 2. The number of carbonyl (C=O) groups is 2. The minimum atomic E-state index is -0.972. The first-order valence-electron chi connectivity index (χ1n) is 6.20. The molecule has 1 unspecified atom stereocenters. The molecule has 1 fully saturated rings. The summed E-state index contributed by atoms with van der Waals surface area (Å²) >= 11 is 0. The first-order valence-corrected chi connectivity index (χ1v) is 6.20. The molecule has 0 radical (unpaired) electrons. The van der Waals surface area contributed by atoms with Gasteiger partial charge in [-0.05, 0) is 43.0 Å². The zero-order valence-electron chi connectivity index (χ0n) is 10.4. The number of carbonyl (C=O) groups excluding carboxylic acids is 1. The number of carboxylic acids is 1. The molecule has 0 aliphatic carbocycles. The maximum atomic E-state index is 12.2. The summed E-state index contributed by atoms with van der Waals surface area (Å²) in [6.07, 6.45) is 2.21. The van der Waals surface area contributed by atoms with Crippen LogP contribution in [-0.4, -0.2) is 35.0 Å². The van der Waals surface area contributed by atoms with E-state index in [9.17, 15) is 9.59 Å². The predicted molar refractivity (Wildman–Crippen MR) is 67.7 cm³/mol. The Morgan fingerprint density at radius 1 is 1.22 bits per heavy atom. The second-order valence-corrected chi connectivity index (χ2v) is 4.88. The predicted octanol–water partition coefficient (Wildman–Crippen LogP) is 2.26. The van der Waals surface area contributed by atoms with Gasteiger partial charge < -0.3 is 10.0 Å². The third-order valence-corrected chi connectivity index (χ3v) is 3.32. The molecule has 1 aliphatic rings. The molecule has 2 rings (SSSR count). The van der Waals surface area contributed by atoms with E-state index in [4.69, 9.17) is 5.11 Å². The van der Waals surface area contributed by atoms with Crippen molar-refractivity contribution in [1.82, 2.24) is 4.90 Å². The van der Waals surface area contributed by atoms with Gasteiger partial charge in [0.1, 0.15) is 0 Å². The molecule has 18 heavy (non-hydrogen) atoms. The first kappa shape index (κ1) is 12.6. The van der Waals surface area contributed by atoms with Crippen LogP contribution in [0.1, 0.15) is 40.5 Å². The van der Waals surface area contributed by atoms with Crippen LogP contribution in [0.4, 0.5) is 0 Å². The van der Waals surface area contributed by atoms with Crippen LogP contribution < -0.4 is 0 Å². The standard InChI is InChI=1S/C14H17NO3/c1-10-3-2-8-15(9-10)13(16)11-4-6-12(7-5-11)14(17)18/h4-7,10H,2-3,8-9H2,1H3,(H,17,18). The van der Waals surface area contributed by atoms with Gasteiger partial charge in [-0.3, -0.25) is 4.79 Å². The molecule has 1 aliphatic heterocycles. The SMILES string of the molecule is CC1CCCN(C(=O)c2ccc(C(=O)O)cc2)C1. The van der Waals surface area contributed by atoms with Crippen LogP contribution in [0.2, 0.25) is 0 Å². The zero-order valence-corrected chi connectivity index (χ0v) is 10.4. The third-order valence-electron chi connectivity index (χ3n) is 3.32. The minimum Gasteiger partial charge on any atom is -0.478 e. The van der Waals surface area contributed by atoms with Gasteiger partial charge in [-0.1, -0.05) is 6.92 Å². The molecule has 4 nitrogen and oxygen atoms in total. The molecule has 0 bridgehead atoms. The van der Waals surface area contributed by atoms with E-state index in [1.54, 1.807) is 12.1 Å². The molecular weight excluding hydrogens is 230 g/mol. The molecule has 0 spiro atoms. The van der Waals surface area contributed by atoms with Gasteiger partial charge in [-0.15, -0.1) is 0 Å². The Kier molecular flexibility index (Phi) is 3.65. The molecule has 1 atom stereocenters. The fourth-order valence-corrected chi connectivity index (χ4v) is 2.31. The van der Waals surface area contributed by atoms with Crippen molar-refractivity contribution in [1.29, 1.82) is 0 Å². The number of likely N-dealkylation sites (tertiary alicyclic amines) is 1. The van der Waals surface area contributed by atoms with Crippen molar-refractivity contribution < 1.29 is 14.7 Å². The van der Waals surface area contributed by atoms with Gasteiger partial charge in [0, 0.05) is 18.7 Å². The summed E-state index contributed by atoms with van der Waals surface area (Å²) in [5.41, 5.74) is 0.771. The lowest BCUT2D eigenvalue weighted by molar-refractivity contribution is 0.0675. The lowest BCUT2D eigenvalue weighted by Crippen LogP contribution is -2.39. The van der Waals surface area contributed by atoms with Crippen molar-refractivity contribution in [2.45, 2.75) is 19.8 Å². The smallest absolute Gasteiger partial charge is 0.335 e. The van der Waals surface area contributed by atoms with Crippen molar-refractivity contribution in [3.05, 3.63) is 35.4 Å². The molecule has 0 saturated carbocycles. The Bertz CT molecular complexity index is 453. The fourth-order valence-electron chi connectivity index (χ4n) is 2.31. The summed E-state index contributed by atoms with van der Waals surface area (Å²) in [5.74, 6) is -0.430. The maximum absolute atomic E-state index is 12.2. The first-order chi connectivity index (χ1) is 8.58. The van der Waals surface area contributed by atoms with Gasteiger partial charge in [0.15, 0.2) is 0 Å². The number of aromatic carboxylic acids is 1. The lowest BCUT2D eigenvalue weighted by atomic mass is 9.99. The number of hydrogen-bond acceptors (Lipinski definition) is 2. The molecule has 0 aromatic heterocycles.